The van der Waals surface area contributed by atoms with E-state index in [0.717, 1.165) is 6.07 Å². The third kappa shape index (κ3) is 4.02. The third-order valence-corrected chi connectivity index (χ3v) is 3.41. The van der Waals surface area contributed by atoms with Crippen LogP contribution in [0.5, 0.6) is 5.75 Å². The van der Waals surface area contributed by atoms with Gasteiger partial charge in [-0.25, -0.2) is 4.98 Å². The molecule has 0 bridgehead atoms. The number of carbonyl (C=O) groups excluding carboxylic acids is 1. The van der Waals surface area contributed by atoms with Gasteiger partial charge >= 0.3 is 6.36 Å². The summed E-state index contributed by atoms with van der Waals surface area (Å²) < 4.78 is 40.9. The number of para-hydroxylation sites is 1. The molecule has 2 N–H and O–H groups in total. The molecule has 1 aromatic carbocycles. The minimum atomic E-state index is -4.86. The largest absolute Gasteiger partial charge is 0.573 e. The van der Waals surface area contributed by atoms with Crippen molar-refractivity contribution in [1.29, 1.82) is 0 Å². The maximum absolute atomic E-state index is 12.3. The second kappa shape index (κ2) is 6.23. The van der Waals surface area contributed by atoms with Gasteiger partial charge in [-0.1, -0.05) is 12.1 Å². The summed E-state index contributed by atoms with van der Waals surface area (Å²) in [7, 11) is 0. The molecule has 1 aromatic heterocycles. The van der Waals surface area contributed by atoms with Gasteiger partial charge in [-0.2, -0.15) is 0 Å². The highest BCUT2D eigenvalue weighted by atomic mass is 32.1. The Morgan fingerprint density at radius 3 is 2.71 bits per heavy atom. The number of carbonyl (C=O) groups is 1. The molecular weight excluding hydrogens is 305 g/mol. The minimum Gasteiger partial charge on any atom is -0.405 e. The van der Waals surface area contributed by atoms with E-state index in [9.17, 15) is 18.0 Å². The summed E-state index contributed by atoms with van der Waals surface area (Å²) in [6, 6.07) is 5.18. The Morgan fingerprint density at radius 1 is 1.33 bits per heavy atom. The SMILES string of the molecule is NCCc1nc(C(=O)c2ccccc2OC(F)(F)F)cs1. The monoisotopic (exact) mass is 316 g/mol. The number of rotatable bonds is 5. The molecule has 0 radical (unpaired) electrons. The van der Waals surface area contributed by atoms with E-state index >= 15 is 0 Å². The van der Waals surface area contributed by atoms with Gasteiger partial charge in [-0.3, -0.25) is 4.79 Å². The van der Waals surface area contributed by atoms with Crippen molar-refractivity contribution in [2.24, 2.45) is 5.73 Å². The summed E-state index contributed by atoms with van der Waals surface area (Å²) in [6.45, 7) is 0.384. The molecule has 112 valence electrons. The number of hydrogen-bond donors (Lipinski definition) is 1. The van der Waals surface area contributed by atoms with E-state index in [2.05, 4.69) is 9.72 Å². The smallest absolute Gasteiger partial charge is 0.405 e. The number of ether oxygens (including phenoxy) is 1. The Hall–Kier alpha value is -1.93. The van der Waals surface area contributed by atoms with E-state index in [1.54, 1.807) is 0 Å². The molecule has 0 aliphatic rings. The Labute approximate surface area is 122 Å². The third-order valence-electron chi connectivity index (χ3n) is 2.50. The molecule has 1 heterocycles. The van der Waals surface area contributed by atoms with Crippen LogP contribution >= 0.6 is 11.3 Å². The van der Waals surface area contributed by atoms with E-state index in [1.807, 2.05) is 0 Å². The van der Waals surface area contributed by atoms with Crippen molar-refractivity contribution in [3.05, 3.63) is 45.9 Å². The average Bonchev–Trinajstić information content (AvgIpc) is 2.86. The summed E-state index contributed by atoms with van der Waals surface area (Å²) in [5.74, 6) is -1.15. The fourth-order valence-electron chi connectivity index (χ4n) is 1.66. The number of aromatic nitrogens is 1. The number of ketones is 1. The van der Waals surface area contributed by atoms with Gasteiger partial charge in [0, 0.05) is 11.8 Å². The Morgan fingerprint density at radius 2 is 2.05 bits per heavy atom. The van der Waals surface area contributed by atoms with Crippen molar-refractivity contribution in [2.75, 3.05) is 6.54 Å². The van der Waals surface area contributed by atoms with Crippen LogP contribution in [0.2, 0.25) is 0 Å². The predicted octanol–water partition coefficient (Wildman–Crippen LogP) is 2.77. The van der Waals surface area contributed by atoms with Crippen LogP contribution in [0.3, 0.4) is 0 Å². The fraction of sp³-hybridized carbons (Fsp3) is 0.231. The lowest BCUT2D eigenvalue weighted by Gasteiger charge is -2.11. The van der Waals surface area contributed by atoms with Crippen LogP contribution in [0, 0.1) is 0 Å². The van der Waals surface area contributed by atoms with Crippen LogP contribution in [0.1, 0.15) is 21.1 Å². The molecule has 21 heavy (non-hydrogen) atoms. The van der Waals surface area contributed by atoms with Crippen LogP contribution < -0.4 is 10.5 Å². The highest BCUT2D eigenvalue weighted by molar-refractivity contribution is 7.09. The normalized spacial score (nSPS) is 11.4. The molecule has 2 aromatic rings. The number of thiazole rings is 1. The molecule has 0 spiro atoms. The molecule has 0 saturated heterocycles. The maximum atomic E-state index is 12.3. The molecule has 2 rings (SSSR count). The Kier molecular flexibility index (Phi) is 4.59. The number of alkyl halides is 3. The maximum Gasteiger partial charge on any atom is 0.573 e. The van der Waals surface area contributed by atoms with Crippen molar-refractivity contribution in [3.63, 3.8) is 0 Å². The number of halogens is 3. The molecule has 4 nitrogen and oxygen atoms in total. The van der Waals surface area contributed by atoms with Gasteiger partial charge in [0.1, 0.15) is 11.4 Å². The molecule has 0 amide bonds. The first kappa shape index (κ1) is 15.5. The van der Waals surface area contributed by atoms with Crippen molar-refractivity contribution < 1.29 is 22.7 Å². The lowest BCUT2D eigenvalue weighted by Crippen LogP contribution is -2.19. The topological polar surface area (TPSA) is 65.2 Å². The number of benzene rings is 1. The van der Waals surface area contributed by atoms with Crippen molar-refractivity contribution in [3.8, 4) is 5.75 Å². The molecule has 0 atom stereocenters. The zero-order valence-corrected chi connectivity index (χ0v) is 11.5. The zero-order valence-electron chi connectivity index (χ0n) is 10.7. The summed E-state index contributed by atoms with van der Waals surface area (Å²) in [6.07, 6.45) is -4.35. The molecule has 0 unspecified atom stereocenters. The van der Waals surface area contributed by atoms with Gasteiger partial charge in [-0.05, 0) is 18.7 Å². The van der Waals surface area contributed by atoms with E-state index in [1.165, 1.54) is 34.9 Å². The van der Waals surface area contributed by atoms with Gasteiger partial charge in [-0.15, -0.1) is 24.5 Å². The van der Waals surface area contributed by atoms with E-state index in [-0.39, 0.29) is 11.3 Å². The van der Waals surface area contributed by atoms with E-state index in [0.29, 0.717) is 18.0 Å². The van der Waals surface area contributed by atoms with Gasteiger partial charge in [0.05, 0.1) is 10.6 Å². The minimum absolute atomic E-state index is 0.0849. The summed E-state index contributed by atoms with van der Waals surface area (Å²) in [5.41, 5.74) is 5.29. The van der Waals surface area contributed by atoms with Crippen molar-refractivity contribution >= 4 is 17.1 Å². The molecular formula is C13H11F3N2O2S. The first-order valence-corrected chi connectivity index (χ1v) is 6.82. The standard InChI is InChI=1S/C13H11F3N2O2S/c14-13(15,16)20-10-4-2-1-3-8(10)12(19)9-7-21-11(18-9)5-6-17/h1-4,7H,5-6,17H2. The molecule has 0 fully saturated rings. The van der Waals surface area contributed by atoms with Crippen LogP contribution in [-0.4, -0.2) is 23.7 Å². The summed E-state index contributed by atoms with van der Waals surface area (Å²) >= 11 is 1.24. The van der Waals surface area contributed by atoms with Gasteiger partial charge < -0.3 is 10.5 Å². The number of nitrogens with two attached hydrogens (primary N) is 1. The van der Waals surface area contributed by atoms with Crippen molar-refractivity contribution in [2.45, 2.75) is 12.8 Å². The number of hydrogen-bond acceptors (Lipinski definition) is 5. The van der Waals surface area contributed by atoms with Crippen LogP contribution in [0.15, 0.2) is 29.6 Å². The quantitative estimate of drug-likeness (QED) is 0.862. The van der Waals surface area contributed by atoms with E-state index < -0.39 is 17.9 Å². The second-order valence-corrected chi connectivity index (χ2v) is 4.98. The predicted molar refractivity (Wildman–Crippen MR) is 71.4 cm³/mol. The Balaban J connectivity index is 2.30. The van der Waals surface area contributed by atoms with Gasteiger partial charge in [0.15, 0.2) is 0 Å². The average molecular weight is 316 g/mol. The Bertz CT molecular complexity index is 640. The van der Waals surface area contributed by atoms with Crippen molar-refractivity contribution in [1.82, 2.24) is 4.98 Å². The first-order chi connectivity index (χ1) is 9.90. The fourth-order valence-corrected chi connectivity index (χ4v) is 2.45. The molecule has 0 aliphatic carbocycles. The summed E-state index contributed by atoms with van der Waals surface area (Å²) in [4.78, 5) is 16.3. The van der Waals surface area contributed by atoms with Gasteiger partial charge in [0.25, 0.3) is 0 Å². The highest BCUT2D eigenvalue weighted by Gasteiger charge is 2.33. The highest BCUT2D eigenvalue weighted by Crippen LogP contribution is 2.28. The molecule has 8 heteroatoms. The first-order valence-electron chi connectivity index (χ1n) is 5.94. The number of nitrogens with zero attached hydrogens (tertiary/aromatic N) is 1. The molecule has 0 aliphatic heterocycles. The van der Waals surface area contributed by atoms with Crippen LogP contribution in [0.4, 0.5) is 13.2 Å². The lowest BCUT2D eigenvalue weighted by molar-refractivity contribution is -0.274. The van der Waals surface area contributed by atoms with Gasteiger partial charge in [0.2, 0.25) is 5.78 Å². The second-order valence-electron chi connectivity index (χ2n) is 4.04. The lowest BCUT2D eigenvalue weighted by atomic mass is 10.1. The summed E-state index contributed by atoms with van der Waals surface area (Å²) in [5, 5.41) is 2.16. The molecule has 0 saturated carbocycles. The van der Waals surface area contributed by atoms with E-state index in [4.69, 9.17) is 5.73 Å². The van der Waals surface area contributed by atoms with Crippen LogP contribution in [-0.2, 0) is 6.42 Å². The zero-order chi connectivity index (χ0) is 15.5. The van der Waals surface area contributed by atoms with Crippen LogP contribution in [0.25, 0.3) is 0 Å².